The lowest BCUT2D eigenvalue weighted by Crippen LogP contribution is -2.26. The van der Waals surface area contributed by atoms with Gasteiger partial charge in [0.15, 0.2) is 11.5 Å². The molecule has 0 saturated carbocycles. The Bertz CT molecular complexity index is 780. The minimum atomic E-state index is -0.545. The van der Waals surface area contributed by atoms with Gasteiger partial charge in [-0.2, -0.15) is 0 Å². The Balaban J connectivity index is 2.43. The Morgan fingerprint density at radius 2 is 1.64 bits per heavy atom. The number of rotatable bonds is 6. The number of hydrogen-bond acceptors (Lipinski definition) is 6. The first-order valence-electron chi connectivity index (χ1n) is 7.25. The molecular weight excluding hydrogens is 328 g/mol. The summed E-state index contributed by atoms with van der Waals surface area (Å²) in [6, 6.07) is 8.79. The number of ether oxygens (including phenoxy) is 3. The third kappa shape index (κ3) is 3.63. The number of methoxy groups -OCH3 is 3. The van der Waals surface area contributed by atoms with Crippen LogP contribution in [0.3, 0.4) is 0 Å². The number of amides is 1. The normalized spacial score (nSPS) is 10.1. The van der Waals surface area contributed by atoms with Gasteiger partial charge in [0.1, 0.15) is 0 Å². The highest BCUT2D eigenvalue weighted by Crippen LogP contribution is 2.41. The minimum absolute atomic E-state index is 0.149. The van der Waals surface area contributed by atoms with Gasteiger partial charge in [0.25, 0.3) is 11.6 Å². The molecule has 0 fully saturated rings. The first-order valence-corrected chi connectivity index (χ1v) is 7.25. The number of nitrogens with zero attached hydrogens (tertiary/aromatic N) is 2. The SMILES string of the molecule is COc1cc(N(C)C(=O)c2cccc([N+](=O)[O-])c2)cc(OC)c1OC. The van der Waals surface area contributed by atoms with E-state index < -0.39 is 10.8 Å². The first-order chi connectivity index (χ1) is 11.9. The van der Waals surface area contributed by atoms with Crippen LogP contribution in [-0.4, -0.2) is 39.2 Å². The fourth-order valence-electron chi connectivity index (χ4n) is 2.32. The second kappa shape index (κ2) is 7.52. The maximum Gasteiger partial charge on any atom is 0.270 e. The lowest BCUT2D eigenvalue weighted by atomic mass is 10.1. The Labute approximate surface area is 144 Å². The van der Waals surface area contributed by atoms with Crippen LogP contribution in [0.1, 0.15) is 10.4 Å². The number of non-ortho nitro benzene ring substituents is 1. The molecule has 0 aliphatic rings. The van der Waals surface area contributed by atoms with Crippen molar-refractivity contribution < 1.29 is 23.9 Å². The number of benzene rings is 2. The van der Waals surface area contributed by atoms with E-state index in [0.717, 1.165) is 0 Å². The van der Waals surface area contributed by atoms with E-state index in [0.29, 0.717) is 22.9 Å². The molecule has 0 N–H and O–H groups in total. The zero-order chi connectivity index (χ0) is 18.6. The molecule has 1 amide bonds. The van der Waals surface area contributed by atoms with E-state index in [-0.39, 0.29) is 11.3 Å². The first kappa shape index (κ1) is 18.1. The van der Waals surface area contributed by atoms with Gasteiger partial charge in [-0.3, -0.25) is 14.9 Å². The molecule has 0 spiro atoms. The Morgan fingerprint density at radius 3 is 2.12 bits per heavy atom. The molecule has 0 atom stereocenters. The van der Waals surface area contributed by atoms with Gasteiger partial charge in [-0.25, -0.2) is 0 Å². The predicted molar refractivity (Wildman–Crippen MR) is 91.9 cm³/mol. The van der Waals surface area contributed by atoms with Crippen LogP contribution in [0.25, 0.3) is 0 Å². The molecule has 2 rings (SSSR count). The van der Waals surface area contributed by atoms with Crippen LogP contribution in [-0.2, 0) is 0 Å². The summed E-state index contributed by atoms with van der Waals surface area (Å²) in [5.41, 5.74) is 0.542. The molecule has 0 aliphatic heterocycles. The van der Waals surface area contributed by atoms with Crippen LogP contribution >= 0.6 is 0 Å². The topological polar surface area (TPSA) is 91.1 Å². The van der Waals surface area contributed by atoms with Crippen LogP contribution in [0.4, 0.5) is 11.4 Å². The highest BCUT2D eigenvalue weighted by molar-refractivity contribution is 6.06. The van der Waals surface area contributed by atoms with Crippen LogP contribution in [0.2, 0.25) is 0 Å². The lowest BCUT2D eigenvalue weighted by Gasteiger charge is -2.20. The van der Waals surface area contributed by atoms with Crippen LogP contribution < -0.4 is 19.1 Å². The van der Waals surface area contributed by atoms with Crippen molar-refractivity contribution in [2.75, 3.05) is 33.3 Å². The number of hydrogen-bond donors (Lipinski definition) is 0. The number of anilines is 1. The monoisotopic (exact) mass is 346 g/mol. The molecule has 0 aliphatic carbocycles. The van der Waals surface area contributed by atoms with E-state index in [2.05, 4.69) is 0 Å². The highest BCUT2D eigenvalue weighted by Gasteiger charge is 2.20. The van der Waals surface area contributed by atoms with E-state index in [1.54, 1.807) is 19.2 Å². The molecule has 0 heterocycles. The second-order valence-electron chi connectivity index (χ2n) is 5.06. The average Bonchev–Trinajstić information content (AvgIpc) is 2.65. The zero-order valence-corrected chi connectivity index (χ0v) is 14.3. The van der Waals surface area contributed by atoms with Gasteiger partial charge >= 0.3 is 0 Å². The molecule has 132 valence electrons. The Kier molecular flexibility index (Phi) is 5.43. The molecule has 0 aromatic heterocycles. The smallest absolute Gasteiger partial charge is 0.270 e. The van der Waals surface area contributed by atoms with Gasteiger partial charge in [-0.05, 0) is 6.07 Å². The molecule has 0 unspecified atom stereocenters. The fourth-order valence-corrected chi connectivity index (χ4v) is 2.32. The van der Waals surface area contributed by atoms with Crippen molar-refractivity contribution in [3.63, 3.8) is 0 Å². The zero-order valence-electron chi connectivity index (χ0n) is 14.3. The van der Waals surface area contributed by atoms with Crippen LogP contribution in [0.5, 0.6) is 17.2 Å². The van der Waals surface area contributed by atoms with Gasteiger partial charge < -0.3 is 19.1 Å². The predicted octanol–water partition coefficient (Wildman–Crippen LogP) is 2.90. The molecule has 8 nitrogen and oxygen atoms in total. The number of carbonyl (C=O) groups excluding carboxylic acids is 1. The van der Waals surface area contributed by atoms with Crippen molar-refractivity contribution in [2.24, 2.45) is 0 Å². The summed E-state index contributed by atoms with van der Waals surface area (Å²) < 4.78 is 15.8. The summed E-state index contributed by atoms with van der Waals surface area (Å²) in [4.78, 5) is 24.4. The van der Waals surface area contributed by atoms with Gasteiger partial charge in [-0.1, -0.05) is 6.07 Å². The summed E-state index contributed by atoms with van der Waals surface area (Å²) in [5, 5.41) is 10.9. The van der Waals surface area contributed by atoms with Crippen molar-refractivity contribution in [3.8, 4) is 17.2 Å². The summed E-state index contributed by atoms with van der Waals surface area (Å²) in [5.74, 6) is 0.800. The molecule has 0 bridgehead atoms. The Morgan fingerprint density at radius 1 is 1.04 bits per heavy atom. The number of carbonyl (C=O) groups is 1. The summed E-state index contributed by atoms with van der Waals surface area (Å²) in [7, 11) is 5.99. The quantitative estimate of drug-likeness (QED) is 0.590. The van der Waals surface area contributed by atoms with Crippen LogP contribution in [0.15, 0.2) is 36.4 Å². The molecule has 2 aromatic carbocycles. The van der Waals surface area contributed by atoms with Gasteiger partial charge in [0.05, 0.1) is 31.9 Å². The van der Waals surface area contributed by atoms with Gasteiger partial charge in [-0.15, -0.1) is 0 Å². The molecule has 25 heavy (non-hydrogen) atoms. The van der Waals surface area contributed by atoms with E-state index >= 15 is 0 Å². The van der Waals surface area contributed by atoms with Crippen molar-refractivity contribution >= 4 is 17.3 Å². The maximum atomic E-state index is 12.7. The molecular formula is C17H18N2O6. The minimum Gasteiger partial charge on any atom is -0.493 e. The largest absolute Gasteiger partial charge is 0.493 e. The van der Waals surface area contributed by atoms with Crippen LogP contribution in [0, 0.1) is 10.1 Å². The van der Waals surface area contributed by atoms with E-state index in [1.165, 1.54) is 50.5 Å². The van der Waals surface area contributed by atoms with E-state index in [9.17, 15) is 14.9 Å². The van der Waals surface area contributed by atoms with Crippen molar-refractivity contribution in [1.29, 1.82) is 0 Å². The third-order valence-corrected chi connectivity index (χ3v) is 3.65. The fraction of sp³-hybridized carbons (Fsp3) is 0.235. The average molecular weight is 346 g/mol. The molecule has 0 radical (unpaired) electrons. The van der Waals surface area contributed by atoms with Gasteiger partial charge in [0.2, 0.25) is 5.75 Å². The summed E-state index contributed by atoms with van der Waals surface area (Å²) in [6.07, 6.45) is 0. The molecule has 0 saturated heterocycles. The van der Waals surface area contributed by atoms with Gasteiger partial charge in [0, 0.05) is 36.9 Å². The third-order valence-electron chi connectivity index (χ3n) is 3.65. The number of nitro groups is 1. The van der Waals surface area contributed by atoms with Crippen molar-refractivity contribution in [3.05, 3.63) is 52.1 Å². The van der Waals surface area contributed by atoms with E-state index in [4.69, 9.17) is 14.2 Å². The van der Waals surface area contributed by atoms with E-state index in [1.807, 2.05) is 0 Å². The maximum absolute atomic E-state index is 12.7. The number of nitro benzene ring substituents is 1. The molecule has 2 aromatic rings. The highest BCUT2D eigenvalue weighted by atomic mass is 16.6. The second-order valence-corrected chi connectivity index (χ2v) is 5.06. The van der Waals surface area contributed by atoms with Crippen molar-refractivity contribution in [1.82, 2.24) is 0 Å². The van der Waals surface area contributed by atoms with Crippen molar-refractivity contribution in [2.45, 2.75) is 0 Å². The summed E-state index contributed by atoms with van der Waals surface area (Å²) >= 11 is 0. The molecule has 8 heteroatoms. The Hall–Kier alpha value is -3.29. The standard InChI is InChI=1S/C17H18N2O6/c1-18(17(20)11-6-5-7-12(8-11)19(21)22)13-9-14(23-2)16(25-4)15(10-13)24-3/h5-10H,1-4H3. The lowest BCUT2D eigenvalue weighted by molar-refractivity contribution is -0.384. The summed E-state index contributed by atoms with van der Waals surface area (Å²) in [6.45, 7) is 0.